The molecule has 0 atom stereocenters. The van der Waals surface area contributed by atoms with Crippen molar-refractivity contribution in [3.63, 3.8) is 0 Å². The number of hydrogen-bond acceptors (Lipinski definition) is 3. The maximum atomic E-state index is 11.7. The molecule has 0 spiro atoms. The first-order valence-electron chi connectivity index (χ1n) is 5.55. The number of anilines is 1. The van der Waals surface area contributed by atoms with Gasteiger partial charge in [-0.1, -0.05) is 22.0 Å². The van der Waals surface area contributed by atoms with E-state index in [4.69, 9.17) is 9.84 Å². The molecule has 0 aliphatic heterocycles. The van der Waals surface area contributed by atoms with Gasteiger partial charge < -0.3 is 9.84 Å². The molecule has 0 saturated carbocycles. The van der Waals surface area contributed by atoms with Crippen LogP contribution in [0.25, 0.3) is 0 Å². The highest BCUT2D eigenvalue weighted by Gasteiger charge is 2.13. The van der Waals surface area contributed by atoms with E-state index in [2.05, 4.69) is 27.8 Å². The monoisotopic (exact) mass is 327 g/mol. The molecule has 102 valence electrons. The van der Waals surface area contributed by atoms with Crippen molar-refractivity contribution in [1.29, 1.82) is 0 Å². The highest BCUT2D eigenvalue weighted by atomic mass is 79.9. The molecule has 0 radical (unpaired) electrons. The van der Waals surface area contributed by atoms with Crippen molar-refractivity contribution in [2.75, 3.05) is 17.3 Å². The van der Waals surface area contributed by atoms with Gasteiger partial charge in [-0.3, -0.25) is 10.1 Å². The molecule has 0 aromatic heterocycles. The molecule has 1 aromatic rings. The van der Waals surface area contributed by atoms with Crippen molar-refractivity contribution >= 4 is 33.5 Å². The zero-order chi connectivity index (χ0) is 14.3. The Balaban J connectivity index is 2.99. The quantitative estimate of drug-likeness (QED) is 0.348. The first-order valence-corrected chi connectivity index (χ1v) is 6.67. The third-order valence-electron chi connectivity index (χ3n) is 2.23. The highest BCUT2D eigenvalue weighted by Crippen LogP contribution is 2.24. The lowest BCUT2D eigenvalue weighted by molar-refractivity contribution is 0.102. The van der Waals surface area contributed by atoms with Crippen molar-refractivity contribution < 1.29 is 19.4 Å². The summed E-state index contributed by atoms with van der Waals surface area (Å²) < 4.78 is 5.48. The summed E-state index contributed by atoms with van der Waals surface area (Å²) in [7, 11) is 0. The summed E-state index contributed by atoms with van der Waals surface area (Å²) in [5.74, 6) is 0.230. The molecular formula is C13H14BrNO4. The van der Waals surface area contributed by atoms with E-state index in [1.807, 2.05) is 0 Å². The minimum atomic E-state index is -1.17. The van der Waals surface area contributed by atoms with Gasteiger partial charge in [-0.2, -0.15) is 0 Å². The standard InChI is InChI=1S/C13H14BrNO4/c1-2-3-6-19-12-7-9(15-13(17)18)4-5-10(12)11(16)8-14/h2,4-5,7,15H,1,3,6,8H2,(H,17,18). The summed E-state index contributed by atoms with van der Waals surface area (Å²) in [5.41, 5.74) is 0.768. The zero-order valence-electron chi connectivity index (χ0n) is 10.2. The summed E-state index contributed by atoms with van der Waals surface area (Å²) >= 11 is 3.10. The minimum absolute atomic E-state index is 0.129. The van der Waals surface area contributed by atoms with Crippen molar-refractivity contribution in [1.82, 2.24) is 0 Å². The van der Waals surface area contributed by atoms with Crippen LogP contribution in [0.3, 0.4) is 0 Å². The normalized spacial score (nSPS) is 9.74. The second kappa shape index (κ2) is 7.58. The fourth-order valence-electron chi connectivity index (χ4n) is 1.40. The Morgan fingerprint density at radius 3 is 2.79 bits per heavy atom. The molecule has 1 aromatic carbocycles. The number of nitrogens with one attached hydrogen (secondary N) is 1. The summed E-state index contributed by atoms with van der Waals surface area (Å²) in [6.07, 6.45) is 1.17. The Kier molecular flexibility index (Phi) is 6.08. The molecule has 0 aliphatic carbocycles. The summed E-state index contributed by atoms with van der Waals surface area (Å²) in [4.78, 5) is 22.3. The van der Waals surface area contributed by atoms with E-state index < -0.39 is 6.09 Å². The fourth-order valence-corrected chi connectivity index (χ4v) is 1.70. The number of rotatable bonds is 7. The number of alkyl halides is 1. The number of hydrogen-bond donors (Lipinski definition) is 2. The third-order valence-corrected chi connectivity index (χ3v) is 2.74. The highest BCUT2D eigenvalue weighted by molar-refractivity contribution is 9.09. The number of ether oxygens (including phenoxy) is 1. The van der Waals surface area contributed by atoms with E-state index in [0.717, 1.165) is 0 Å². The summed E-state index contributed by atoms with van der Waals surface area (Å²) in [6.45, 7) is 3.96. The number of carboxylic acid groups (broad SMARTS) is 1. The van der Waals surface area contributed by atoms with Crippen LogP contribution in [0.15, 0.2) is 30.9 Å². The van der Waals surface area contributed by atoms with Crippen LogP contribution in [0.2, 0.25) is 0 Å². The van der Waals surface area contributed by atoms with Crippen LogP contribution in [0.4, 0.5) is 10.5 Å². The zero-order valence-corrected chi connectivity index (χ0v) is 11.8. The molecular weight excluding hydrogens is 314 g/mol. The maximum Gasteiger partial charge on any atom is 0.409 e. The lowest BCUT2D eigenvalue weighted by Gasteiger charge is -2.11. The molecule has 0 aliphatic rings. The van der Waals surface area contributed by atoms with E-state index in [1.54, 1.807) is 6.08 Å². The SMILES string of the molecule is C=CCCOc1cc(NC(=O)O)ccc1C(=O)CBr. The first-order chi connectivity index (χ1) is 9.08. The van der Waals surface area contributed by atoms with Gasteiger partial charge in [0, 0.05) is 11.8 Å². The number of Topliss-reactive ketones (excluding diaryl/α,β-unsaturated/α-hetero) is 1. The van der Waals surface area contributed by atoms with Gasteiger partial charge in [0.15, 0.2) is 5.78 Å². The first kappa shape index (κ1) is 15.2. The van der Waals surface area contributed by atoms with Gasteiger partial charge in [-0.05, 0) is 18.6 Å². The smallest absolute Gasteiger partial charge is 0.409 e. The van der Waals surface area contributed by atoms with Crippen molar-refractivity contribution in [3.8, 4) is 5.75 Å². The fraction of sp³-hybridized carbons (Fsp3) is 0.231. The number of carbonyl (C=O) groups is 2. The van der Waals surface area contributed by atoms with Crippen LogP contribution in [-0.4, -0.2) is 28.9 Å². The van der Waals surface area contributed by atoms with Gasteiger partial charge in [0.25, 0.3) is 0 Å². The lowest BCUT2D eigenvalue weighted by atomic mass is 10.1. The topological polar surface area (TPSA) is 75.6 Å². The van der Waals surface area contributed by atoms with Gasteiger partial charge >= 0.3 is 6.09 Å². The largest absolute Gasteiger partial charge is 0.492 e. The van der Waals surface area contributed by atoms with Crippen LogP contribution >= 0.6 is 15.9 Å². The average Bonchev–Trinajstić information content (AvgIpc) is 2.38. The lowest BCUT2D eigenvalue weighted by Crippen LogP contribution is -2.10. The van der Waals surface area contributed by atoms with Crippen molar-refractivity contribution in [3.05, 3.63) is 36.4 Å². The molecule has 5 nitrogen and oxygen atoms in total. The molecule has 2 N–H and O–H groups in total. The van der Waals surface area contributed by atoms with Gasteiger partial charge in [-0.15, -0.1) is 6.58 Å². The summed E-state index contributed by atoms with van der Waals surface area (Å²) in [5, 5.41) is 11.0. The second-order valence-corrected chi connectivity index (χ2v) is 4.18. The average molecular weight is 328 g/mol. The van der Waals surface area contributed by atoms with Gasteiger partial charge in [0.05, 0.1) is 17.5 Å². The number of carbonyl (C=O) groups excluding carboxylic acids is 1. The van der Waals surface area contributed by atoms with Crippen molar-refractivity contribution in [2.45, 2.75) is 6.42 Å². The molecule has 0 heterocycles. The van der Waals surface area contributed by atoms with E-state index in [1.165, 1.54) is 18.2 Å². The van der Waals surface area contributed by atoms with Crippen LogP contribution in [0.1, 0.15) is 16.8 Å². The van der Waals surface area contributed by atoms with Gasteiger partial charge in [-0.25, -0.2) is 4.79 Å². The van der Waals surface area contributed by atoms with Crippen LogP contribution in [-0.2, 0) is 0 Å². The third kappa shape index (κ3) is 4.75. The minimum Gasteiger partial charge on any atom is -0.492 e. The van der Waals surface area contributed by atoms with E-state index in [9.17, 15) is 9.59 Å². The number of ketones is 1. The molecule has 0 unspecified atom stereocenters. The Labute approximate surface area is 119 Å². The van der Waals surface area contributed by atoms with Crippen LogP contribution in [0, 0.1) is 0 Å². The maximum absolute atomic E-state index is 11.7. The van der Waals surface area contributed by atoms with Gasteiger partial charge in [0.2, 0.25) is 0 Å². The molecule has 6 heteroatoms. The molecule has 19 heavy (non-hydrogen) atoms. The Bertz CT molecular complexity index is 488. The molecule has 1 rings (SSSR count). The number of amides is 1. The molecule has 0 saturated heterocycles. The van der Waals surface area contributed by atoms with E-state index in [-0.39, 0.29) is 11.1 Å². The van der Waals surface area contributed by atoms with E-state index >= 15 is 0 Å². The van der Waals surface area contributed by atoms with Crippen molar-refractivity contribution in [2.24, 2.45) is 0 Å². The summed E-state index contributed by atoms with van der Waals surface area (Å²) in [6, 6.07) is 4.55. The Morgan fingerprint density at radius 1 is 1.47 bits per heavy atom. The van der Waals surface area contributed by atoms with Gasteiger partial charge in [0.1, 0.15) is 5.75 Å². The van der Waals surface area contributed by atoms with Crippen LogP contribution in [0.5, 0.6) is 5.75 Å². The number of halogens is 1. The number of benzene rings is 1. The second-order valence-electron chi connectivity index (χ2n) is 3.62. The van der Waals surface area contributed by atoms with Crippen LogP contribution < -0.4 is 10.1 Å². The molecule has 0 bridgehead atoms. The molecule has 0 fully saturated rings. The predicted octanol–water partition coefficient (Wildman–Crippen LogP) is 3.31. The predicted molar refractivity (Wildman–Crippen MR) is 76.5 cm³/mol. The van der Waals surface area contributed by atoms with E-state index in [0.29, 0.717) is 30.0 Å². The Hall–Kier alpha value is -1.82. The molecule has 1 amide bonds. The Morgan fingerprint density at radius 2 is 2.21 bits per heavy atom.